The van der Waals surface area contributed by atoms with Gasteiger partial charge < -0.3 is 14.6 Å². The molecule has 1 saturated heterocycles. The van der Waals surface area contributed by atoms with Crippen molar-refractivity contribution in [1.29, 1.82) is 0 Å². The molecule has 3 aliphatic rings. The summed E-state index contributed by atoms with van der Waals surface area (Å²) in [5, 5.41) is 9.88. The van der Waals surface area contributed by atoms with Crippen molar-refractivity contribution in [3.8, 4) is 0 Å². The Labute approximate surface area is 134 Å². The van der Waals surface area contributed by atoms with Gasteiger partial charge in [-0.2, -0.15) is 0 Å². The zero-order valence-electron chi connectivity index (χ0n) is 13.8. The monoisotopic (exact) mass is 322 g/mol. The van der Waals surface area contributed by atoms with Gasteiger partial charge >= 0.3 is 5.97 Å². The SMILES string of the molecule is CC[C@@]1(C)C(=O)C2=C(C(=O)[C@]13C[C@@H](O)C(=O)O3)[C@@H](C)[C@@H](C)OC2. The fourth-order valence-corrected chi connectivity index (χ4v) is 4.02. The molecule has 1 N–H and O–H groups in total. The van der Waals surface area contributed by atoms with E-state index in [0.717, 1.165) is 0 Å². The third-order valence-electron chi connectivity index (χ3n) is 5.99. The molecule has 0 bridgehead atoms. The third kappa shape index (κ3) is 1.85. The smallest absolute Gasteiger partial charge is 0.336 e. The Morgan fingerprint density at radius 1 is 1.22 bits per heavy atom. The molecule has 0 amide bonds. The fraction of sp³-hybridized carbons (Fsp3) is 0.706. The van der Waals surface area contributed by atoms with Crippen molar-refractivity contribution in [3.63, 3.8) is 0 Å². The van der Waals surface area contributed by atoms with Gasteiger partial charge in [0.1, 0.15) is 0 Å². The first-order chi connectivity index (χ1) is 10.7. The maximum Gasteiger partial charge on any atom is 0.336 e. The summed E-state index contributed by atoms with van der Waals surface area (Å²) < 4.78 is 11.0. The van der Waals surface area contributed by atoms with E-state index in [-0.39, 0.29) is 36.6 Å². The number of aliphatic hydroxyl groups is 1. The molecule has 0 unspecified atom stereocenters. The molecule has 1 fully saturated rings. The van der Waals surface area contributed by atoms with Crippen LogP contribution in [0.2, 0.25) is 0 Å². The molecule has 6 heteroatoms. The zero-order chi connectivity index (χ0) is 17.2. The number of carbonyl (C=O) groups is 3. The quantitative estimate of drug-likeness (QED) is 0.723. The van der Waals surface area contributed by atoms with Crippen LogP contribution in [0.5, 0.6) is 0 Å². The Hall–Kier alpha value is -1.53. The summed E-state index contributed by atoms with van der Waals surface area (Å²) in [6.45, 7) is 7.22. The van der Waals surface area contributed by atoms with Crippen LogP contribution in [0.1, 0.15) is 40.5 Å². The Balaban J connectivity index is 2.22. The molecular formula is C17H22O6. The number of ether oxygens (including phenoxy) is 2. The molecule has 3 rings (SSSR count). The van der Waals surface area contributed by atoms with Gasteiger partial charge in [-0.05, 0) is 20.3 Å². The molecule has 0 saturated carbocycles. The van der Waals surface area contributed by atoms with Crippen molar-refractivity contribution in [2.45, 2.75) is 58.3 Å². The Morgan fingerprint density at radius 3 is 2.39 bits per heavy atom. The van der Waals surface area contributed by atoms with Crippen molar-refractivity contribution < 1.29 is 29.0 Å². The van der Waals surface area contributed by atoms with Gasteiger partial charge in [0, 0.05) is 23.5 Å². The van der Waals surface area contributed by atoms with Crippen LogP contribution >= 0.6 is 0 Å². The number of rotatable bonds is 1. The Kier molecular flexibility index (Phi) is 3.54. The molecule has 0 aromatic carbocycles. The van der Waals surface area contributed by atoms with Gasteiger partial charge in [0.25, 0.3) is 0 Å². The minimum absolute atomic E-state index is 0.105. The molecule has 1 aliphatic carbocycles. The maximum absolute atomic E-state index is 13.3. The van der Waals surface area contributed by atoms with Crippen molar-refractivity contribution in [1.82, 2.24) is 0 Å². The van der Waals surface area contributed by atoms with E-state index in [1.54, 1.807) is 13.8 Å². The van der Waals surface area contributed by atoms with Gasteiger partial charge in [0.05, 0.1) is 18.1 Å². The van der Waals surface area contributed by atoms with Crippen molar-refractivity contribution >= 4 is 17.5 Å². The van der Waals surface area contributed by atoms with E-state index in [9.17, 15) is 19.5 Å². The molecule has 126 valence electrons. The van der Waals surface area contributed by atoms with Crippen LogP contribution in [0.3, 0.4) is 0 Å². The molecule has 23 heavy (non-hydrogen) atoms. The summed E-state index contributed by atoms with van der Waals surface area (Å²) in [7, 11) is 0. The summed E-state index contributed by atoms with van der Waals surface area (Å²) in [6, 6.07) is 0. The number of aliphatic hydroxyl groups excluding tert-OH is 1. The maximum atomic E-state index is 13.3. The van der Waals surface area contributed by atoms with E-state index >= 15 is 0 Å². The molecule has 1 spiro atoms. The van der Waals surface area contributed by atoms with Crippen LogP contribution in [-0.2, 0) is 23.9 Å². The second-order valence-corrected chi connectivity index (χ2v) is 7.01. The molecule has 0 aromatic rings. The van der Waals surface area contributed by atoms with Crippen LogP contribution in [0.4, 0.5) is 0 Å². The number of ketones is 2. The van der Waals surface area contributed by atoms with Crippen molar-refractivity contribution in [3.05, 3.63) is 11.1 Å². The van der Waals surface area contributed by atoms with Gasteiger partial charge in [-0.25, -0.2) is 4.79 Å². The second kappa shape index (κ2) is 4.98. The molecule has 6 nitrogen and oxygen atoms in total. The minimum atomic E-state index is -1.60. The van der Waals surface area contributed by atoms with Crippen LogP contribution in [0.15, 0.2) is 11.1 Å². The second-order valence-electron chi connectivity index (χ2n) is 7.01. The fourth-order valence-electron chi connectivity index (χ4n) is 4.02. The normalized spacial score (nSPS) is 43.9. The molecular weight excluding hydrogens is 300 g/mol. The van der Waals surface area contributed by atoms with E-state index in [0.29, 0.717) is 17.6 Å². The molecule has 2 aliphatic heterocycles. The topological polar surface area (TPSA) is 89.9 Å². The first-order valence-corrected chi connectivity index (χ1v) is 8.04. The zero-order valence-corrected chi connectivity index (χ0v) is 13.8. The Morgan fingerprint density at radius 2 is 1.87 bits per heavy atom. The first-order valence-electron chi connectivity index (χ1n) is 8.04. The number of carbonyl (C=O) groups excluding carboxylic acids is 3. The number of esters is 1. The predicted molar refractivity (Wildman–Crippen MR) is 79.5 cm³/mol. The van der Waals surface area contributed by atoms with Gasteiger partial charge in [0.15, 0.2) is 17.5 Å². The van der Waals surface area contributed by atoms with E-state index in [1.165, 1.54) is 0 Å². The summed E-state index contributed by atoms with van der Waals surface area (Å²) in [6.07, 6.45) is -1.40. The van der Waals surface area contributed by atoms with Crippen LogP contribution < -0.4 is 0 Å². The Bertz CT molecular complexity index is 635. The lowest BCUT2D eigenvalue weighted by molar-refractivity contribution is -0.176. The highest BCUT2D eigenvalue weighted by Gasteiger charge is 2.68. The highest BCUT2D eigenvalue weighted by atomic mass is 16.6. The standard InChI is InChI=1S/C17H22O6/c1-5-16(4)13(19)10-7-22-9(3)8(2)12(10)14(20)17(16)6-11(18)15(21)23-17/h8-9,11,18H,5-7H2,1-4H3/t8-,9+,11+,16-,17+/m0/s1. The number of hydrogen-bond acceptors (Lipinski definition) is 6. The average molecular weight is 322 g/mol. The van der Waals surface area contributed by atoms with E-state index in [2.05, 4.69) is 0 Å². The van der Waals surface area contributed by atoms with Gasteiger partial charge in [0.2, 0.25) is 5.78 Å². The van der Waals surface area contributed by atoms with Crippen LogP contribution in [-0.4, -0.2) is 47.1 Å². The summed E-state index contributed by atoms with van der Waals surface area (Å²) >= 11 is 0. The first kappa shape index (κ1) is 16.3. The predicted octanol–water partition coefficient (Wildman–Crippen LogP) is 0.952. The van der Waals surface area contributed by atoms with Crippen molar-refractivity contribution in [2.75, 3.05) is 6.61 Å². The third-order valence-corrected chi connectivity index (χ3v) is 5.99. The average Bonchev–Trinajstić information content (AvgIpc) is 2.83. The minimum Gasteiger partial charge on any atom is -0.448 e. The number of hydrogen-bond donors (Lipinski definition) is 1. The van der Waals surface area contributed by atoms with Crippen LogP contribution in [0, 0.1) is 11.3 Å². The van der Waals surface area contributed by atoms with E-state index in [1.807, 2.05) is 13.8 Å². The van der Waals surface area contributed by atoms with E-state index in [4.69, 9.17) is 9.47 Å². The van der Waals surface area contributed by atoms with Crippen LogP contribution in [0.25, 0.3) is 0 Å². The molecule has 0 aromatic heterocycles. The highest BCUT2D eigenvalue weighted by Crippen LogP contribution is 2.53. The number of Topliss-reactive ketones (excluding diaryl/α,β-unsaturated/α-hetero) is 2. The summed E-state index contributed by atoms with van der Waals surface area (Å²) in [4.78, 5) is 38.3. The highest BCUT2D eigenvalue weighted by molar-refractivity contribution is 6.20. The lowest BCUT2D eigenvalue weighted by atomic mass is 9.57. The lowest BCUT2D eigenvalue weighted by Crippen LogP contribution is -2.62. The molecule has 2 heterocycles. The van der Waals surface area contributed by atoms with Crippen molar-refractivity contribution in [2.24, 2.45) is 11.3 Å². The van der Waals surface area contributed by atoms with E-state index < -0.39 is 23.1 Å². The summed E-state index contributed by atoms with van der Waals surface area (Å²) in [5.41, 5.74) is -1.98. The van der Waals surface area contributed by atoms with Gasteiger partial charge in [-0.15, -0.1) is 0 Å². The lowest BCUT2D eigenvalue weighted by Gasteiger charge is -2.48. The van der Waals surface area contributed by atoms with Gasteiger partial charge in [-0.1, -0.05) is 13.8 Å². The van der Waals surface area contributed by atoms with Gasteiger partial charge in [-0.3, -0.25) is 9.59 Å². The largest absolute Gasteiger partial charge is 0.448 e. The summed E-state index contributed by atoms with van der Waals surface area (Å²) in [5.74, 6) is -1.65. The molecule has 0 radical (unpaired) electrons. The molecule has 5 atom stereocenters.